The van der Waals surface area contributed by atoms with E-state index in [1.807, 2.05) is 6.92 Å². The molecular formula is C12H13F. The third-order valence-electron chi connectivity index (χ3n) is 2.06. The molecule has 68 valence electrons. The monoisotopic (exact) mass is 176 g/mol. The third-order valence-corrected chi connectivity index (χ3v) is 2.06. The number of terminal acetylenes is 1. The third kappa shape index (κ3) is 3.29. The molecular weight excluding hydrogens is 163 g/mol. The maximum Gasteiger partial charge on any atom is 0.123 e. The first-order chi connectivity index (χ1) is 6.22. The minimum absolute atomic E-state index is 0.186. The van der Waals surface area contributed by atoms with Crippen LogP contribution in [0.4, 0.5) is 4.39 Å². The van der Waals surface area contributed by atoms with Crippen LogP contribution in [0.2, 0.25) is 0 Å². The molecule has 0 aliphatic rings. The molecule has 0 aromatic heterocycles. The van der Waals surface area contributed by atoms with Gasteiger partial charge in [-0.05, 0) is 30.5 Å². The lowest BCUT2D eigenvalue weighted by Gasteiger charge is -2.03. The zero-order chi connectivity index (χ0) is 9.68. The van der Waals surface area contributed by atoms with Crippen molar-refractivity contribution in [3.8, 4) is 12.3 Å². The lowest BCUT2D eigenvalue weighted by Crippen LogP contribution is -1.93. The summed E-state index contributed by atoms with van der Waals surface area (Å²) in [4.78, 5) is 0. The molecule has 0 fully saturated rings. The fourth-order valence-electron chi connectivity index (χ4n) is 1.12. The zero-order valence-electron chi connectivity index (χ0n) is 7.76. The molecule has 1 aromatic carbocycles. The Hall–Kier alpha value is -1.29. The number of aryl methyl sites for hydroxylation is 1. The summed E-state index contributed by atoms with van der Waals surface area (Å²) in [7, 11) is 0. The molecule has 1 heteroatoms. The first-order valence-corrected chi connectivity index (χ1v) is 4.43. The van der Waals surface area contributed by atoms with Crippen LogP contribution in [0.1, 0.15) is 18.9 Å². The van der Waals surface area contributed by atoms with E-state index in [-0.39, 0.29) is 5.82 Å². The van der Waals surface area contributed by atoms with E-state index in [9.17, 15) is 4.39 Å². The fourth-order valence-corrected chi connectivity index (χ4v) is 1.12. The van der Waals surface area contributed by atoms with Gasteiger partial charge in [0.05, 0.1) is 0 Å². The van der Waals surface area contributed by atoms with Crippen molar-refractivity contribution < 1.29 is 4.39 Å². The van der Waals surface area contributed by atoms with Gasteiger partial charge in [-0.2, -0.15) is 0 Å². The molecule has 1 unspecified atom stereocenters. The van der Waals surface area contributed by atoms with Gasteiger partial charge in [-0.15, -0.1) is 12.3 Å². The highest BCUT2D eigenvalue weighted by Gasteiger charge is 1.98. The first-order valence-electron chi connectivity index (χ1n) is 4.43. The van der Waals surface area contributed by atoms with Crippen molar-refractivity contribution >= 4 is 0 Å². The van der Waals surface area contributed by atoms with Crippen LogP contribution in [0.5, 0.6) is 0 Å². The number of rotatable bonds is 3. The van der Waals surface area contributed by atoms with Crippen LogP contribution < -0.4 is 0 Å². The molecule has 1 rings (SSSR count). The predicted molar refractivity (Wildman–Crippen MR) is 52.7 cm³/mol. The highest BCUT2D eigenvalue weighted by Crippen LogP contribution is 2.09. The molecule has 0 heterocycles. The first kappa shape index (κ1) is 9.80. The van der Waals surface area contributed by atoms with E-state index >= 15 is 0 Å². The van der Waals surface area contributed by atoms with Crippen LogP contribution in [0.3, 0.4) is 0 Å². The summed E-state index contributed by atoms with van der Waals surface area (Å²) in [5, 5.41) is 0. The van der Waals surface area contributed by atoms with Gasteiger partial charge in [0.1, 0.15) is 5.82 Å². The Labute approximate surface area is 78.8 Å². The summed E-state index contributed by atoms with van der Waals surface area (Å²) in [6.07, 6.45) is 7.13. The van der Waals surface area contributed by atoms with E-state index in [1.54, 1.807) is 12.1 Å². The molecule has 0 spiro atoms. The molecule has 0 aliphatic heterocycles. The van der Waals surface area contributed by atoms with E-state index < -0.39 is 0 Å². The maximum absolute atomic E-state index is 12.5. The van der Waals surface area contributed by atoms with E-state index in [0.29, 0.717) is 5.92 Å². The number of hydrogen-bond acceptors (Lipinski definition) is 0. The van der Waals surface area contributed by atoms with Gasteiger partial charge < -0.3 is 0 Å². The molecule has 0 bridgehead atoms. The van der Waals surface area contributed by atoms with E-state index in [1.165, 1.54) is 12.1 Å². The molecule has 13 heavy (non-hydrogen) atoms. The van der Waals surface area contributed by atoms with Crippen molar-refractivity contribution in [1.29, 1.82) is 0 Å². The van der Waals surface area contributed by atoms with Crippen LogP contribution in [-0.4, -0.2) is 0 Å². The van der Waals surface area contributed by atoms with Gasteiger partial charge in [0, 0.05) is 5.92 Å². The van der Waals surface area contributed by atoms with Crippen molar-refractivity contribution in [2.24, 2.45) is 5.92 Å². The Morgan fingerprint density at radius 3 is 2.54 bits per heavy atom. The quantitative estimate of drug-likeness (QED) is 0.621. The Balaban J connectivity index is 2.47. The summed E-state index contributed by atoms with van der Waals surface area (Å²) < 4.78 is 12.5. The normalized spacial score (nSPS) is 12.1. The number of benzene rings is 1. The lowest BCUT2D eigenvalue weighted by atomic mass is 10.0. The second kappa shape index (κ2) is 4.67. The Morgan fingerprint density at radius 2 is 2.00 bits per heavy atom. The molecule has 0 amide bonds. The molecule has 1 atom stereocenters. The van der Waals surface area contributed by atoms with Gasteiger partial charge in [0.2, 0.25) is 0 Å². The minimum Gasteiger partial charge on any atom is -0.207 e. The zero-order valence-corrected chi connectivity index (χ0v) is 7.76. The molecule has 0 saturated heterocycles. The summed E-state index contributed by atoms with van der Waals surface area (Å²) in [5.41, 5.74) is 1.14. The number of halogens is 1. The Bertz CT molecular complexity index is 292. The maximum atomic E-state index is 12.5. The average Bonchev–Trinajstić information content (AvgIpc) is 2.16. The molecule has 0 aliphatic carbocycles. The van der Waals surface area contributed by atoms with Gasteiger partial charge >= 0.3 is 0 Å². The van der Waals surface area contributed by atoms with Crippen LogP contribution >= 0.6 is 0 Å². The van der Waals surface area contributed by atoms with E-state index in [4.69, 9.17) is 6.42 Å². The topological polar surface area (TPSA) is 0 Å². The summed E-state index contributed by atoms with van der Waals surface area (Å²) in [6, 6.07) is 6.57. The van der Waals surface area contributed by atoms with Crippen LogP contribution in [-0.2, 0) is 6.42 Å². The van der Waals surface area contributed by atoms with Crippen molar-refractivity contribution in [3.63, 3.8) is 0 Å². The van der Waals surface area contributed by atoms with Crippen molar-refractivity contribution in [2.45, 2.75) is 19.8 Å². The summed E-state index contributed by atoms with van der Waals surface area (Å²) in [5.74, 6) is 2.78. The second-order valence-corrected chi connectivity index (χ2v) is 3.23. The Morgan fingerprint density at radius 1 is 1.38 bits per heavy atom. The van der Waals surface area contributed by atoms with Crippen molar-refractivity contribution in [3.05, 3.63) is 35.6 Å². The average molecular weight is 176 g/mol. The van der Waals surface area contributed by atoms with Gasteiger partial charge in [-0.25, -0.2) is 4.39 Å². The van der Waals surface area contributed by atoms with Gasteiger partial charge in [-0.3, -0.25) is 0 Å². The summed E-state index contributed by atoms with van der Waals surface area (Å²) >= 11 is 0. The van der Waals surface area contributed by atoms with E-state index in [2.05, 4.69) is 5.92 Å². The molecule has 0 saturated carbocycles. The van der Waals surface area contributed by atoms with Gasteiger partial charge in [0.25, 0.3) is 0 Å². The smallest absolute Gasteiger partial charge is 0.123 e. The minimum atomic E-state index is -0.186. The highest BCUT2D eigenvalue weighted by atomic mass is 19.1. The van der Waals surface area contributed by atoms with Crippen molar-refractivity contribution in [2.75, 3.05) is 0 Å². The van der Waals surface area contributed by atoms with Crippen LogP contribution in [0.25, 0.3) is 0 Å². The molecule has 0 nitrogen and oxygen atoms in total. The lowest BCUT2D eigenvalue weighted by molar-refractivity contribution is 0.624. The van der Waals surface area contributed by atoms with Crippen molar-refractivity contribution in [1.82, 2.24) is 0 Å². The van der Waals surface area contributed by atoms with Crippen LogP contribution in [0.15, 0.2) is 24.3 Å². The van der Waals surface area contributed by atoms with Gasteiger partial charge in [-0.1, -0.05) is 19.1 Å². The highest BCUT2D eigenvalue weighted by molar-refractivity contribution is 5.16. The standard InChI is InChI=1S/C12H13F/c1-3-10(2)4-5-11-6-8-12(13)9-7-11/h1,6-10H,4-5H2,2H3. The molecule has 0 radical (unpaired) electrons. The van der Waals surface area contributed by atoms with E-state index in [0.717, 1.165) is 18.4 Å². The predicted octanol–water partition coefficient (Wildman–Crippen LogP) is 3.03. The second-order valence-electron chi connectivity index (χ2n) is 3.23. The molecule has 1 aromatic rings. The largest absolute Gasteiger partial charge is 0.207 e. The SMILES string of the molecule is C#CC(C)CCc1ccc(F)cc1. The molecule has 0 N–H and O–H groups in total. The fraction of sp³-hybridized carbons (Fsp3) is 0.333. The summed E-state index contributed by atoms with van der Waals surface area (Å²) in [6.45, 7) is 2.02. The van der Waals surface area contributed by atoms with Gasteiger partial charge in [0.15, 0.2) is 0 Å². The Kier molecular flexibility index (Phi) is 3.52. The number of hydrogen-bond donors (Lipinski definition) is 0. The van der Waals surface area contributed by atoms with Crippen LogP contribution in [0, 0.1) is 24.1 Å².